The van der Waals surface area contributed by atoms with Crippen LogP contribution in [0, 0.1) is 5.92 Å². The van der Waals surface area contributed by atoms with Crippen LogP contribution in [0.4, 0.5) is 0 Å². The topological polar surface area (TPSA) is 12.0 Å². The molecule has 1 fully saturated rings. The number of rotatable bonds is 7. The fraction of sp³-hybridized carbons (Fsp3) is 0.875. The largest absolute Gasteiger partial charge is 0.314 e. The van der Waals surface area contributed by atoms with Crippen LogP contribution in [0.3, 0.4) is 0 Å². The Balaban J connectivity index is 2.32. The van der Waals surface area contributed by atoms with Gasteiger partial charge in [-0.3, -0.25) is 0 Å². The van der Waals surface area contributed by atoms with Crippen LogP contribution < -0.4 is 5.32 Å². The molecule has 0 aromatic heterocycles. The molecule has 1 aliphatic carbocycles. The summed E-state index contributed by atoms with van der Waals surface area (Å²) < 4.78 is 0. The molecule has 1 rings (SSSR count). The molecule has 0 aliphatic heterocycles. The number of allylic oxidation sites excluding steroid dienone is 1. The standard InChI is InChI=1S/C16H31N/c1-4-17-16(12-11-14(2)3)13-15-9-7-5-6-8-10-15/h15-17H,2,4-13H2,1,3H3. The summed E-state index contributed by atoms with van der Waals surface area (Å²) >= 11 is 0. The maximum absolute atomic E-state index is 4.02. The van der Waals surface area contributed by atoms with Gasteiger partial charge in [0.2, 0.25) is 0 Å². The Bertz CT molecular complexity index is 202. The summed E-state index contributed by atoms with van der Waals surface area (Å²) in [4.78, 5) is 0. The molecular formula is C16H31N. The van der Waals surface area contributed by atoms with E-state index in [1.54, 1.807) is 0 Å². The summed E-state index contributed by atoms with van der Waals surface area (Å²) in [7, 11) is 0. The lowest BCUT2D eigenvalue weighted by atomic mass is 9.90. The molecule has 1 unspecified atom stereocenters. The lowest BCUT2D eigenvalue weighted by molar-refractivity contribution is 0.342. The number of hydrogen-bond acceptors (Lipinski definition) is 1. The summed E-state index contributed by atoms with van der Waals surface area (Å²) in [5, 5.41) is 3.66. The molecule has 1 saturated carbocycles. The van der Waals surface area contributed by atoms with Crippen molar-refractivity contribution >= 4 is 0 Å². The van der Waals surface area contributed by atoms with Gasteiger partial charge in [-0.2, -0.15) is 0 Å². The van der Waals surface area contributed by atoms with E-state index in [0.717, 1.165) is 18.5 Å². The first kappa shape index (κ1) is 14.8. The smallest absolute Gasteiger partial charge is 0.00726 e. The van der Waals surface area contributed by atoms with Gasteiger partial charge in [-0.15, -0.1) is 6.58 Å². The van der Waals surface area contributed by atoms with Crippen LogP contribution in [0.5, 0.6) is 0 Å². The Morgan fingerprint density at radius 1 is 1.24 bits per heavy atom. The molecule has 0 bridgehead atoms. The van der Waals surface area contributed by atoms with Crippen molar-refractivity contribution in [2.45, 2.75) is 77.7 Å². The van der Waals surface area contributed by atoms with Gasteiger partial charge in [0, 0.05) is 6.04 Å². The van der Waals surface area contributed by atoms with E-state index >= 15 is 0 Å². The zero-order chi connectivity index (χ0) is 12.5. The highest BCUT2D eigenvalue weighted by molar-refractivity contribution is 4.89. The van der Waals surface area contributed by atoms with Gasteiger partial charge in [0.05, 0.1) is 0 Å². The van der Waals surface area contributed by atoms with E-state index in [2.05, 4.69) is 25.7 Å². The summed E-state index contributed by atoms with van der Waals surface area (Å²) in [6, 6.07) is 0.722. The molecule has 0 aromatic rings. The van der Waals surface area contributed by atoms with Gasteiger partial charge in [0.1, 0.15) is 0 Å². The highest BCUT2D eigenvalue weighted by atomic mass is 14.9. The predicted molar refractivity (Wildman–Crippen MR) is 77.3 cm³/mol. The molecule has 0 heterocycles. The van der Waals surface area contributed by atoms with Crippen molar-refractivity contribution in [2.75, 3.05) is 6.54 Å². The first-order valence-corrected chi connectivity index (χ1v) is 7.60. The highest BCUT2D eigenvalue weighted by Gasteiger charge is 2.17. The van der Waals surface area contributed by atoms with Gasteiger partial charge in [-0.1, -0.05) is 51.0 Å². The molecule has 0 spiro atoms. The molecule has 1 aliphatic rings. The van der Waals surface area contributed by atoms with Crippen LogP contribution in [-0.2, 0) is 0 Å². The lowest BCUT2D eigenvalue weighted by Gasteiger charge is -2.23. The Morgan fingerprint density at radius 3 is 2.41 bits per heavy atom. The summed E-state index contributed by atoms with van der Waals surface area (Å²) in [5.74, 6) is 0.978. The molecule has 0 radical (unpaired) electrons. The summed E-state index contributed by atoms with van der Waals surface area (Å²) in [6.45, 7) is 9.50. The lowest BCUT2D eigenvalue weighted by Crippen LogP contribution is -2.31. The summed E-state index contributed by atoms with van der Waals surface area (Å²) in [6.07, 6.45) is 12.6. The van der Waals surface area contributed by atoms with Crippen molar-refractivity contribution in [2.24, 2.45) is 5.92 Å². The third-order valence-corrected chi connectivity index (χ3v) is 4.00. The SMILES string of the molecule is C=C(C)CCC(CC1CCCCCC1)NCC. The van der Waals surface area contributed by atoms with E-state index in [0.29, 0.717) is 0 Å². The van der Waals surface area contributed by atoms with Crippen molar-refractivity contribution in [3.05, 3.63) is 12.2 Å². The molecule has 0 amide bonds. The summed E-state index contributed by atoms with van der Waals surface area (Å²) in [5.41, 5.74) is 1.33. The molecule has 1 heteroatoms. The zero-order valence-electron chi connectivity index (χ0n) is 11.9. The van der Waals surface area contributed by atoms with E-state index in [-0.39, 0.29) is 0 Å². The molecule has 1 atom stereocenters. The van der Waals surface area contributed by atoms with Gasteiger partial charge in [-0.05, 0) is 38.6 Å². The number of nitrogens with one attached hydrogen (secondary N) is 1. The average Bonchev–Trinajstić information content (AvgIpc) is 2.55. The van der Waals surface area contributed by atoms with Gasteiger partial charge in [-0.25, -0.2) is 0 Å². The third-order valence-electron chi connectivity index (χ3n) is 4.00. The van der Waals surface area contributed by atoms with Crippen molar-refractivity contribution < 1.29 is 0 Å². The van der Waals surface area contributed by atoms with Crippen molar-refractivity contribution in [1.82, 2.24) is 5.32 Å². The Kier molecular flexibility index (Phi) is 7.59. The van der Waals surface area contributed by atoms with Crippen LogP contribution in [0.2, 0.25) is 0 Å². The zero-order valence-corrected chi connectivity index (χ0v) is 11.9. The van der Waals surface area contributed by atoms with E-state index in [4.69, 9.17) is 0 Å². The van der Waals surface area contributed by atoms with Gasteiger partial charge < -0.3 is 5.32 Å². The minimum Gasteiger partial charge on any atom is -0.314 e. The van der Waals surface area contributed by atoms with E-state index in [1.165, 1.54) is 63.4 Å². The van der Waals surface area contributed by atoms with Gasteiger partial charge >= 0.3 is 0 Å². The maximum Gasteiger partial charge on any atom is 0.00726 e. The maximum atomic E-state index is 4.02. The van der Waals surface area contributed by atoms with E-state index in [9.17, 15) is 0 Å². The molecule has 0 saturated heterocycles. The predicted octanol–water partition coefficient (Wildman–Crippen LogP) is 4.68. The van der Waals surface area contributed by atoms with E-state index < -0.39 is 0 Å². The molecule has 1 N–H and O–H groups in total. The Hall–Kier alpha value is -0.300. The second-order valence-electron chi connectivity index (χ2n) is 5.84. The Morgan fingerprint density at radius 2 is 1.88 bits per heavy atom. The first-order chi connectivity index (χ1) is 8.22. The van der Waals surface area contributed by atoms with Crippen molar-refractivity contribution in [3.63, 3.8) is 0 Å². The second-order valence-corrected chi connectivity index (χ2v) is 5.84. The van der Waals surface area contributed by atoms with Crippen LogP contribution in [0.15, 0.2) is 12.2 Å². The molecule has 0 aromatic carbocycles. The fourth-order valence-corrected chi connectivity index (χ4v) is 3.01. The van der Waals surface area contributed by atoms with Gasteiger partial charge in [0.15, 0.2) is 0 Å². The highest BCUT2D eigenvalue weighted by Crippen LogP contribution is 2.27. The first-order valence-electron chi connectivity index (χ1n) is 7.60. The second kappa shape index (κ2) is 8.74. The number of hydrogen-bond donors (Lipinski definition) is 1. The quantitative estimate of drug-likeness (QED) is 0.501. The minimum absolute atomic E-state index is 0.722. The van der Waals surface area contributed by atoms with Crippen molar-refractivity contribution in [1.29, 1.82) is 0 Å². The average molecular weight is 237 g/mol. The normalized spacial score (nSPS) is 19.9. The molecular weight excluding hydrogens is 206 g/mol. The van der Waals surface area contributed by atoms with E-state index in [1.807, 2.05) is 0 Å². The third kappa shape index (κ3) is 6.88. The van der Waals surface area contributed by atoms with Crippen LogP contribution in [-0.4, -0.2) is 12.6 Å². The molecule has 1 nitrogen and oxygen atoms in total. The monoisotopic (exact) mass is 237 g/mol. The Labute approximate surface area is 108 Å². The van der Waals surface area contributed by atoms with Gasteiger partial charge in [0.25, 0.3) is 0 Å². The van der Waals surface area contributed by atoms with Crippen molar-refractivity contribution in [3.8, 4) is 0 Å². The van der Waals surface area contributed by atoms with Crippen LogP contribution in [0.25, 0.3) is 0 Å². The molecule has 100 valence electrons. The van der Waals surface area contributed by atoms with Crippen LogP contribution in [0.1, 0.15) is 71.6 Å². The van der Waals surface area contributed by atoms with Crippen LogP contribution >= 0.6 is 0 Å². The minimum atomic E-state index is 0.722. The fourth-order valence-electron chi connectivity index (χ4n) is 3.01. The molecule has 17 heavy (non-hydrogen) atoms.